The summed E-state index contributed by atoms with van der Waals surface area (Å²) in [6, 6.07) is 13.5. The summed E-state index contributed by atoms with van der Waals surface area (Å²) in [6.45, 7) is 0.191. The van der Waals surface area contributed by atoms with Gasteiger partial charge in [-0.2, -0.15) is 0 Å². The summed E-state index contributed by atoms with van der Waals surface area (Å²) in [6.07, 6.45) is 0. The molecule has 6 nitrogen and oxygen atoms in total. The Morgan fingerprint density at radius 2 is 1.70 bits per heavy atom. The van der Waals surface area contributed by atoms with Gasteiger partial charge in [-0.25, -0.2) is 4.79 Å². The van der Waals surface area contributed by atoms with Gasteiger partial charge in [0.25, 0.3) is 5.91 Å². The number of urea groups is 1. The topological polar surface area (TPSA) is 93.5 Å². The van der Waals surface area contributed by atoms with Gasteiger partial charge in [-0.3, -0.25) is 4.79 Å². The van der Waals surface area contributed by atoms with E-state index in [0.717, 1.165) is 5.56 Å². The molecule has 2 aromatic rings. The first-order chi connectivity index (χ1) is 11.0. The van der Waals surface area contributed by atoms with Crippen LogP contribution in [0.2, 0.25) is 5.02 Å². The predicted molar refractivity (Wildman–Crippen MR) is 88.4 cm³/mol. The van der Waals surface area contributed by atoms with Crippen LogP contribution in [-0.2, 0) is 11.3 Å². The van der Waals surface area contributed by atoms with Gasteiger partial charge in [-0.15, -0.1) is 0 Å². The van der Waals surface area contributed by atoms with Gasteiger partial charge in [-0.05, 0) is 42.0 Å². The third-order valence-electron chi connectivity index (χ3n) is 2.86. The molecule has 7 heteroatoms. The number of carbonyl (C=O) groups is 2. The van der Waals surface area contributed by atoms with E-state index in [9.17, 15) is 9.59 Å². The molecule has 2 rings (SSSR count). The van der Waals surface area contributed by atoms with E-state index in [1.165, 1.54) is 0 Å². The lowest BCUT2D eigenvalue weighted by Gasteiger charge is -2.09. The number of anilines is 1. The molecule has 120 valence electrons. The zero-order valence-electron chi connectivity index (χ0n) is 12.2. The molecule has 0 aliphatic carbocycles. The second-order valence-electron chi connectivity index (χ2n) is 4.71. The number of benzene rings is 2. The number of nitrogens with one attached hydrogen (secondary N) is 2. The third-order valence-corrected chi connectivity index (χ3v) is 3.11. The summed E-state index contributed by atoms with van der Waals surface area (Å²) in [5, 5.41) is 6.04. The number of amides is 3. The minimum atomic E-state index is -0.533. The van der Waals surface area contributed by atoms with E-state index < -0.39 is 5.91 Å². The van der Waals surface area contributed by atoms with Crippen molar-refractivity contribution in [2.24, 2.45) is 5.73 Å². The average Bonchev–Trinajstić information content (AvgIpc) is 2.54. The zero-order chi connectivity index (χ0) is 16.7. The highest BCUT2D eigenvalue weighted by atomic mass is 35.5. The SMILES string of the molecule is NC(=O)COc1ccc(CNC(=O)Nc2ccc(Cl)cc2)cc1. The van der Waals surface area contributed by atoms with Gasteiger partial charge in [0, 0.05) is 17.3 Å². The van der Waals surface area contributed by atoms with E-state index in [2.05, 4.69) is 10.6 Å². The van der Waals surface area contributed by atoms with Crippen molar-refractivity contribution in [3.63, 3.8) is 0 Å². The van der Waals surface area contributed by atoms with Gasteiger partial charge in [0.15, 0.2) is 6.61 Å². The molecule has 0 bridgehead atoms. The van der Waals surface area contributed by atoms with Crippen molar-refractivity contribution in [2.45, 2.75) is 6.54 Å². The van der Waals surface area contributed by atoms with Crippen molar-refractivity contribution in [3.05, 3.63) is 59.1 Å². The number of primary amides is 1. The number of carbonyl (C=O) groups excluding carboxylic acids is 2. The van der Waals surface area contributed by atoms with Crippen LogP contribution in [0.15, 0.2) is 48.5 Å². The molecule has 0 heterocycles. The molecular formula is C16H16ClN3O3. The highest BCUT2D eigenvalue weighted by molar-refractivity contribution is 6.30. The van der Waals surface area contributed by atoms with Crippen molar-refractivity contribution in [1.29, 1.82) is 0 Å². The Balaban J connectivity index is 1.79. The first kappa shape index (κ1) is 16.6. The minimum Gasteiger partial charge on any atom is -0.484 e. The number of hydrogen-bond acceptors (Lipinski definition) is 3. The third kappa shape index (κ3) is 5.88. The summed E-state index contributed by atoms with van der Waals surface area (Å²) in [4.78, 5) is 22.4. The molecular weight excluding hydrogens is 318 g/mol. The van der Waals surface area contributed by atoms with Crippen LogP contribution in [0.5, 0.6) is 5.75 Å². The molecule has 0 spiro atoms. The van der Waals surface area contributed by atoms with E-state index in [1.54, 1.807) is 48.5 Å². The molecule has 23 heavy (non-hydrogen) atoms. The molecule has 2 aromatic carbocycles. The number of nitrogens with two attached hydrogens (primary N) is 1. The van der Waals surface area contributed by atoms with E-state index in [4.69, 9.17) is 22.1 Å². The summed E-state index contributed by atoms with van der Waals surface area (Å²) in [7, 11) is 0. The molecule has 0 aromatic heterocycles. The van der Waals surface area contributed by atoms with Crippen molar-refractivity contribution >= 4 is 29.2 Å². The Morgan fingerprint density at radius 1 is 1.04 bits per heavy atom. The number of halogens is 1. The van der Waals surface area contributed by atoms with Gasteiger partial charge < -0.3 is 21.1 Å². The summed E-state index contributed by atoms with van der Waals surface area (Å²) in [5.74, 6) is 0.00720. The second-order valence-corrected chi connectivity index (χ2v) is 5.15. The fourth-order valence-corrected chi connectivity index (χ4v) is 1.87. The predicted octanol–water partition coefficient (Wildman–Crippen LogP) is 2.53. The van der Waals surface area contributed by atoms with Crippen LogP contribution in [0.25, 0.3) is 0 Å². The highest BCUT2D eigenvalue weighted by Crippen LogP contribution is 2.14. The van der Waals surface area contributed by atoms with Crippen molar-refractivity contribution in [2.75, 3.05) is 11.9 Å². The first-order valence-electron chi connectivity index (χ1n) is 6.83. The molecule has 0 aliphatic rings. The molecule has 4 N–H and O–H groups in total. The fraction of sp³-hybridized carbons (Fsp3) is 0.125. The van der Waals surface area contributed by atoms with Crippen LogP contribution in [0.4, 0.5) is 10.5 Å². The van der Waals surface area contributed by atoms with Gasteiger partial charge in [-0.1, -0.05) is 23.7 Å². The summed E-state index contributed by atoms with van der Waals surface area (Å²) >= 11 is 5.78. The number of ether oxygens (including phenoxy) is 1. The number of hydrogen-bond donors (Lipinski definition) is 3. The Hall–Kier alpha value is -2.73. The van der Waals surface area contributed by atoms with Crippen LogP contribution >= 0.6 is 11.6 Å². The van der Waals surface area contributed by atoms with Gasteiger partial charge in [0.2, 0.25) is 0 Å². The lowest BCUT2D eigenvalue weighted by molar-refractivity contribution is -0.119. The molecule has 0 aliphatic heterocycles. The first-order valence-corrected chi connectivity index (χ1v) is 7.21. The fourth-order valence-electron chi connectivity index (χ4n) is 1.75. The molecule has 0 saturated carbocycles. The molecule has 3 amide bonds. The van der Waals surface area contributed by atoms with E-state index in [-0.39, 0.29) is 12.6 Å². The Morgan fingerprint density at radius 3 is 2.30 bits per heavy atom. The summed E-state index contributed by atoms with van der Waals surface area (Å²) in [5.41, 5.74) is 6.54. The monoisotopic (exact) mass is 333 g/mol. The van der Waals surface area contributed by atoms with Crippen molar-refractivity contribution < 1.29 is 14.3 Å². The molecule has 0 fully saturated rings. The maximum absolute atomic E-state index is 11.8. The van der Waals surface area contributed by atoms with Crippen LogP contribution in [-0.4, -0.2) is 18.5 Å². The smallest absolute Gasteiger partial charge is 0.319 e. The lowest BCUT2D eigenvalue weighted by atomic mass is 10.2. The molecule has 0 unspecified atom stereocenters. The van der Waals surface area contributed by atoms with E-state index in [0.29, 0.717) is 23.0 Å². The van der Waals surface area contributed by atoms with E-state index >= 15 is 0 Å². The van der Waals surface area contributed by atoms with Gasteiger partial charge >= 0.3 is 6.03 Å². The van der Waals surface area contributed by atoms with Crippen LogP contribution in [0.1, 0.15) is 5.56 Å². The largest absolute Gasteiger partial charge is 0.484 e. The summed E-state index contributed by atoms with van der Waals surface area (Å²) < 4.78 is 5.15. The van der Waals surface area contributed by atoms with Crippen molar-refractivity contribution in [3.8, 4) is 5.75 Å². The van der Waals surface area contributed by atoms with Crippen LogP contribution in [0.3, 0.4) is 0 Å². The van der Waals surface area contributed by atoms with Crippen molar-refractivity contribution in [1.82, 2.24) is 5.32 Å². The lowest BCUT2D eigenvalue weighted by Crippen LogP contribution is -2.28. The van der Waals surface area contributed by atoms with Crippen LogP contribution in [0, 0.1) is 0 Å². The Labute approximate surface area is 138 Å². The normalized spacial score (nSPS) is 9.96. The quantitative estimate of drug-likeness (QED) is 0.758. The van der Waals surface area contributed by atoms with Gasteiger partial charge in [0.1, 0.15) is 5.75 Å². The Kier molecular flexibility index (Phi) is 5.82. The maximum atomic E-state index is 11.8. The highest BCUT2D eigenvalue weighted by Gasteiger charge is 2.03. The molecule has 0 radical (unpaired) electrons. The molecule has 0 saturated heterocycles. The number of rotatable bonds is 6. The minimum absolute atomic E-state index is 0.166. The standard InChI is InChI=1S/C16H16ClN3O3/c17-12-3-5-13(6-4-12)20-16(22)19-9-11-1-7-14(8-2-11)23-10-15(18)21/h1-8H,9-10H2,(H2,18,21)(H2,19,20,22). The Bertz CT molecular complexity index is 672. The molecule has 0 atom stereocenters. The van der Waals surface area contributed by atoms with E-state index in [1.807, 2.05) is 0 Å². The second kappa shape index (κ2) is 8.05. The van der Waals surface area contributed by atoms with Crippen LogP contribution < -0.4 is 21.1 Å². The zero-order valence-corrected chi connectivity index (χ0v) is 13.0. The van der Waals surface area contributed by atoms with Gasteiger partial charge in [0.05, 0.1) is 0 Å². The maximum Gasteiger partial charge on any atom is 0.319 e. The average molecular weight is 334 g/mol.